The van der Waals surface area contributed by atoms with Crippen LogP contribution in [0.15, 0.2) is 18.2 Å². The van der Waals surface area contributed by atoms with Crippen LogP contribution in [-0.4, -0.2) is 32.3 Å². The predicted octanol–water partition coefficient (Wildman–Crippen LogP) is 2.45. The number of hydrogen-bond acceptors (Lipinski definition) is 4. The number of methoxy groups -OCH3 is 1. The summed E-state index contributed by atoms with van der Waals surface area (Å²) in [6, 6.07) is 4.76. The third kappa shape index (κ3) is 5.65. The SMILES string of the molecule is COCCONC(=O)C(C)Oc1ccc(Cl)cc1Cl. The van der Waals surface area contributed by atoms with Gasteiger partial charge in [0, 0.05) is 12.1 Å². The van der Waals surface area contributed by atoms with Crippen LogP contribution in [0.1, 0.15) is 6.92 Å². The van der Waals surface area contributed by atoms with Crippen LogP contribution in [0.5, 0.6) is 5.75 Å². The summed E-state index contributed by atoms with van der Waals surface area (Å²) >= 11 is 11.7. The first kappa shape index (κ1) is 16.0. The first-order valence-corrected chi connectivity index (χ1v) is 6.32. The Morgan fingerprint density at radius 2 is 2.11 bits per heavy atom. The van der Waals surface area contributed by atoms with Crippen molar-refractivity contribution in [2.45, 2.75) is 13.0 Å². The number of benzene rings is 1. The van der Waals surface area contributed by atoms with Gasteiger partial charge in [-0.25, -0.2) is 5.48 Å². The zero-order valence-electron chi connectivity index (χ0n) is 10.6. The lowest BCUT2D eigenvalue weighted by Crippen LogP contribution is -2.37. The normalized spacial score (nSPS) is 12.0. The van der Waals surface area contributed by atoms with E-state index in [1.54, 1.807) is 26.2 Å². The molecule has 0 aliphatic carbocycles. The fourth-order valence-corrected chi connectivity index (χ4v) is 1.60. The van der Waals surface area contributed by atoms with E-state index in [1.807, 2.05) is 0 Å². The lowest BCUT2D eigenvalue weighted by molar-refractivity contribution is -0.141. The highest BCUT2D eigenvalue weighted by molar-refractivity contribution is 6.35. The van der Waals surface area contributed by atoms with Crippen LogP contribution in [0.3, 0.4) is 0 Å². The molecule has 1 atom stereocenters. The molecule has 0 aliphatic rings. The molecule has 7 heteroatoms. The Labute approximate surface area is 121 Å². The van der Waals surface area contributed by atoms with Crippen molar-refractivity contribution in [3.05, 3.63) is 28.2 Å². The maximum Gasteiger partial charge on any atom is 0.284 e. The van der Waals surface area contributed by atoms with Crippen LogP contribution in [0.4, 0.5) is 0 Å². The van der Waals surface area contributed by atoms with E-state index in [2.05, 4.69) is 5.48 Å². The maximum absolute atomic E-state index is 11.6. The van der Waals surface area contributed by atoms with Gasteiger partial charge in [0.15, 0.2) is 6.10 Å². The van der Waals surface area contributed by atoms with Crippen LogP contribution in [0.2, 0.25) is 10.0 Å². The molecule has 0 bridgehead atoms. The summed E-state index contributed by atoms with van der Waals surface area (Å²) < 4.78 is 10.2. The number of carbonyl (C=O) groups is 1. The van der Waals surface area contributed by atoms with Crippen LogP contribution in [-0.2, 0) is 14.4 Å². The highest BCUT2D eigenvalue weighted by Crippen LogP contribution is 2.28. The summed E-state index contributed by atoms with van der Waals surface area (Å²) in [6.45, 7) is 2.23. The largest absolute Gasteiger partial charge is 0.479 e. The van der Waals surface area contributed by atoms with Gasteiger partial charge >= 0.3 is 0 Å². The molecule has 5 nitrogen and oxygen atoms in total. The van der Waals surface area contributed by atoms with Gasteiger partial charge in [-0.15, -0.1) is 0 Å². The van der Waals surface area contributed by atoms with E-state index < -0.39 is 12.0 Å². The molecule has 0 heterocycles. The summed E-state index contributed by atoms with van der Waals surface area (Å²) in [5, 5.41) is 0.838. The molecule has 1 aromatic rings. The number of hydroxylamine groups is 1. The topological polar surface area (TPSA) is 56.8 Å². The van der Waals surface area contributed by atoms with Gasteiger partial charge in [0.1, 0.15) is 5.75 Å². The summed E-state index contributed by atoms with van der Waals surface area (Å²) in [5.41, 5.74) is 2.26. The predicted molar refractivity (Wildman–Crippen MR) is 72.5 cm³/mol. The summed E-state index contributed by atoms with van der Waals surface area (Å²) in [5.74, 6) is -0.0345. The number of halogens is 2. The molecule has 0 aliphatic heterocycles. The average Bonchev–Trinajstić information content (AvgIpc) is 2.37. The van der Waals surface area contributed by atoms with Crippen molar-refractivity contribution < 1.29 is 19.1 Å². The molecule has 1 unspecified atom stereocenters. The molecular weight excluding hydrogens is 293 g/mol. The first-order chi connectivity index (χ1) is 9.04. The van der Waals surface area contributed by atoms with Crippen molar-refractivity contribution in [2.75, 3.05) is 20.3 Å². The van der Waals surface area contributed by atoms with Gasteiger partial charge in [-0.3, -0.25) is 9.63 Å². The van der Waals surface area contributed by atoms with Gasteiger partial charge in [0.2, 0.25) is 0 Å². The molecule has 0 radical (unpaired) electrons. The van der Waals surface area contributed by atoms with Crippen LogP contribution < -0.4 is 10.2 Å². The Hall–Kier alpha value is -1.01. The lowest BCUT2D eigenvalue weighted by atomic mass is 10.3. The van der Waals surface area contributed by atoms with E-state index in [9.17, 15) is 4.79 Å². The highest BCUT2D eigenvalue weighted by atomic mass is 35.5. The van der Waals surface area contributed by atoms with Crippen LogP contribution >= 0.6 is 23.2 Å². The van der Waals surface area contributed by atoms with Gasteiger partial charge in [0.25, 0.3) is 5.91 Å². The molecule has 0 spiro atoms. The Balaban J connectivity index is 2.45. The van der Waals surface area contributed by atoms with Gasteiger partial charge in [0.05, 0.1) is 18.2 Å². The van der Waals surface area contributed by atoms with Crippen molar-refractivity contribution in [1.29, 1.82) is 0 Å². The van der Waals surface area contributed by atoms with Gasteiger partial charge in [-0.2, -0.15) is 0 Å². The Bertz CT molecular complexity index is 428. The molecule has 0 fully saturated rings. The van der Waals surface area contributed by atoms with Crippen LogP contribution in [0.25, 0.3) is 0 Å². The highest BCUT2D eigenvalue weighted by Gasteiger charge is 2.16. The number of ether oxygens (including phenoxy) is 2. The van der Waals surface area contributed by atoms with Crippen molar-refractivity contribution in [2.24, 2.45) is 0 Å². The fraction of sp³-hybridized carbons (Fsp3) is 0.417. The zero-order valence-corrected chi connectivity index (χ0v) is 12.1. The van der Waals surface area contributed by atoms with E-state index in [0.29, 0.717) is 22.4 Å². The van der Waals surface area contributed by atoms with Gasteiger partial charge < -0.3 is 9.47 Å². The molecule has 106 valence electrons. The Kier molecular flexibility index (Phi) is 6.94. The number of amides is 1. The molecule has 0 saturated heterocycles. The molecule has 19 heavy (non-hydrogen) atoms. The Morgan fingerprint density at radius 3 is 2.74 bits per heavy atom. The molecule has 0 aromatic heterocycles. The molecule has 1 rings (SSSR count). The lowest BCUT2D eigenvalue weighted by Gasteiger charge is -2.15. The summed E-state index contributed by atoms with van der Waals surface area (Å²) in [6.07, 6.45) is -0.749. The van der Waals surface area contributed by atoms with Crippen molar-refractivity contribution in [3.63, 3.8) is 0 Å². The number of carbonyl (C=O) groups excluding carboxylic acids is 1. The monoisotopic (exact) mass is 307 g/mol. The smallest absolute Gasteiger partial charge is 0.284 e. The fourth-order valence-electron chi connectivity index (χ4n) is 1.14. The molecule has 0 saturated carbocycles. The second-order valence-corrected chi connectivity index (χ2v) is 4.49. The first-order valence-electron chi connectivity index (χ1n) is 5.57. The molecule has 1 amide bonds. The van der Waals surface area contributed by atoms with E-state index in [4.69, 9.17) is 37.5 Å². The minimum absolute atomic E-state index is 0.261. The standard InChI is InChI=1S/C12H15Cl2NO4/c1-8(12(16)15-18-6-5-17-2)19-11-4-3-9(13)7-10(11)14/h3-4,7-8H,5-6H2,1-2H3,(H,15,16). The van der Waals surface area contributed by atoms with Crippen molar-refractivity contribution in [3.8, 4) is 5.75 Å². The van der Waals surface area contributed by atoms with Crippen LogP contribution in [0, 0.1) is 0 Å². The van der Waals surface area contributed by atoms with E-state index in [-0.39, 0.29) is 6.61 Å². The maximum atomic E-state index is 11.6. The minimum atomic E-state index is -0.749. The van der Waals surface area contributed by atoms with Crippen molar-refractivity contribution in [1.82, 2.24) is 5.48 Å². The zero-order chi connectivity index (χ0) is 14.3. The number of nitrogens with one attached hydrogen (secondary N) is 1. The Morgan fingerprint density at radius 1 is 1.37 bits per heavy atom. The number of rotatable bonds is 7. The second kappa shape index (κ2) is 8.22. The molecular formula is C12H15Cl2NO4. The second-order valence-electron chi connectivity index (χ2n) is 3.64. The van der Waals surface area contributed by atoms with Crippen molar-refractivity contribution >= 4 is 29.1 Å². The van der Waals surface area contributed by atoms with E-state index in [0.717, 1.165) is 0 Å². The minimum Gasteiger partial charge on any atom is -0.479 e. The third-order valence-corrected chi connectivity index (χ3v) is 2.66. The van der Waals surface area contributed by atoms with E-state index in [1.165, 1.54) is 6.07 Å². The third-order valence-electron chi connectivity index (χ3n) is 2.13. The summed E-state index contributed by atoms with van der Waals surface area (Å²) in [7, 11) is 1.54. The average molecular weight is 308 g/mol. The van der Waals surface area contributed by atoms with Gasteiger partial charge in [-0.1, -0.05) is 23.2 Å². The number of hydrogen-bond donors (Lipinski definition) is 1. The van der Waals surface area contributed by atoms with Gasteiger partial charge in [-0.05, 0) is 25.1 Å². The molecule has 1 aromatic carbocycles. The van der Waals surface area contributed by atoms with E-state index >= 15 is 0 Å². The molecule has 1 N–H and O–H groups in total. The quantitative estimate of drug-likeness (QED) is 0.621. The summed E-state index contributed by atoms with van der Waals surface area (Å²) in [4.78, 5) is 16.5.